The quantitative estimate of drug-likeness (QED) is 0.477. The number of hydrogen-bond donors (Lipinski definition) is 1. The molecular weight excluding hydrogens is 450 g/mol. The van der Waals surface area contributed by atoms with E-state index in [-0.39, 0.29) is 11.9 Å². The number of rotatable bonds is 5. The van der Waals surface area contributed by atoms with Crippen molar-refractivity contribution in [3.63, 3.8) is 0 Å². The van der Waals surface area contributed by atoms with Gasteiger partial charge in [-0.05, 0) is 43.8 Å². The minimum absolute atomic E-state index is 0.0113. The number of nitrogens with zero attached hydrogens (tertiary/aromatic N) is 6. The van der Waals surface area contributed by atoms with Gasteiger partial charge in [0.2, 0.25) is 5.91 Å². The summed E-state index contributed by atoms with van der Waals surface area (Å²) in [7, 11) is 1.98. The van der Waals surface area contributed by atoms with E-state index >= 15 is 0 Å². The number of amides is 1. The van der Waals surface area contributed by atoms with Gasteiger partial charge in [0.1, 0.15) is 18.2 Å². The second-order valence-corrected chi connectivity index (χ2v) is 9.07. The molecule has 4 aromatic rings. The van der Waals surface area contributed by atoms with Crippen molar-refractivity contribution in [3.05, 3.63) is 77.2 Å². The van der Waals surface area contributed by atoms with Gasteiger partial charge in [-0.15, -0.1) is 5.10 Å². The Kier molecular flexibility index (Phi) is 6.17. The number of fused-ring (bicyclic) bond motifs is 1. The fraction of sp³-hybridized carbons (Fsp3) is 0.280. The minimum Gasteiger partial charge on any atom is -0.353 e. The van der Waals surface area contributed by atoms with Gasteiger partial charge in [-0.2, -0.15) is 0 Å². The summed E-state index contributed by atoms with van der Waals surface area (Å²) >= 11 is 5.96. The monoisotopic (exact) mass is 475 g/mol. The molecule has 5 rings (SSSR count). The summed E-state index contributed by atoms with van der Waals surface area (Å²) in [6, 6.07) is 15.4. The molecular formula is C25H26ClN7O. The molecule has 1 amide bonds. The highest BCUT2D eigenvalue weighted by Gasteiger charge is 2.31. The normalized spacial score (nSPS) is 16.7. The van der Waals surface area contributed by atoms with Crippen molar-refractivity contribution < 1.29 is 4.79 Å². The molecule has 9 heteroatoms. The Morgan fingerprint density at radius 3 is 2.62 bits per heavy atom. The van der Waals surface area contributed by atoms with Gasteiger partial charge in [-0.25, -0.2) is 14.6 Å². The molecule has 0 spiro atoms. The van der Waals surface area contributed by atoms with Crippen LogP contribution in [0.1, 0.15) is 11.1 Å². The zero-order valence-corrected chi connectivity index (χ0v) is 19.9. The first-order chi connectivity index (χ1) is 16.5. The van der Waals surface area contributed by atoms with Crippen LogP contribution in [0, 0.1) is 6.92 Å². The number of piperazine rings is 1. The van der Waals surface area contributed by atoms with Crippen molar-refractivity contribution in [3.8, 4) is 5.69 Å². The smallest absolute Gasteiger partial charge is 0.239 e. The molecule has 2 aromatic carbocycles. The lowest BCUT2D eigenvalue weighted by Gasteiger charge is -2.39. The lowest BCUT2D eigenvalue weighted by molar-refractivity contribution is -0.126. The zero-order chi connectivity index (χ0) is 23.7. The Labute approximate surface area is 203 Å². The van der Waals surface area contributed by atoms with Crippen molar-refractivity contribution in [2.24, 2.45) is 0 Å². The number of benzene rings is 2. The Hall–Kier alpha value is -3.49. The fourth-order valence-corrected chi connectivity index (χ4v) is 4.29. The van der Waals surface area contributed by atoms with E-state index in [4.69, 9.17) is 11.6 Å². The summed E-state index contributed by atoms with van der Waals surface area (Å²) in [6.07, 6.45) is 3.50. The number of aromatic nitrogens is 4. The maximum absolute atomic E-state index is 13.1. The summed E-state index contributed by atoms with van der Waals surface area (Å²) < 4.78 is 1.83. The molecule has 34 heavy (non-hydrogen) atoms. The first-order valence-corrected chi connectivity index (χ1v) is 11.6. The molecule has 8 nitrogen and oxygen atoms in total. The van der Waals surface area contributed by atoms with Crippen molar-refractivity contribution in [2.75, 3.05) is 31.6 Å². The molecule has 3 heterocycles. The van der Waals surface area contributed by atoms with Crippen molar-refractivity contribution in [1.82, 2.24) is 30.0 Å². The van der Waals surface area contributed by atoms with Crippen molar-refractivity contribution in [2.45, 2.75) is 19.5 Å². The predicted molar refractivity (Wildman–Crippen MR) is 133 cm³/mol. The maximum atomic E-state index is 13.1. The van der Waals surface area contributed by atoms with Crippen LogP contribution in [-0.4, -0.2) is 63.3 Å². The zero-order valence-electron chi connectivity index (χ0n) is 19.1. The molecule has 1 atom stereocenters. The van der Waals surface area contributed by atoms with Crippen LogP contribution in [0.4, 0.5) is 5.82 Å². The molecule has 1 aliphatic rings. The van der Waals surface area contributed by atoms with E-state index < -0.39 is 0 Å². The number of likely N-dealkylation sites (N-methyl/N-ethyl adjacent to an activating group) is 1. The molecule has 0 saturated carbocycles. The van der Waals surface area contributed by atoms with Gasteiger partial charge in [0.25, 0.3) is 0 Å². The molecule has 1 saturated heterocycles. The van der Waals surface area contributed by atoms with Crippen LogP contribution < -0.4 is 10.2 Å². The lowest BCUT2D eigenvalue weighted by Crippen LogP contribution is -2.57. The van der Waals surface area contributed by atoms with E-state index in [1.54, 1.807) is 0 Å². The van der Waals surface area contributed by atoms with Crippen LogP contribution >= 0.6 is 11.6 Å². The summed E-state index contributed by atoms with van der Waals surface area (Å²) in [6.45, 7) is 4.56. The molecule has 0 unspecified atom stereocenters. The van der Waals surface area contributed by atoms with E-state index in [9.17, 15) is 4.79 Å². The summed E-state index contributed by atoms with van der Waals surface area (Å²) in [4.78, 5) is 26.2. The summed E-state index contributed by atoms with van der Waals surface area (Å²) in [5.74, 6) is 0.787. The highest BCUT2D eigenvalue weighted by Crippen LogP contribution is 2.25. The Balaban J connectivity index is 1.35. The molecule has 1 N–H and O–H groups in total. The van der Waals surface area contributed by atoms with Gasteiger partial charge < -0.3 is 10.2 Å². The highest BCUT2D eigenvalue weighted by molar-refractivity contribution is 6.30. The van der Waals surface area contributed by atoms with Gasteiger partial charge in [-0.3, -0.25) is 9.69 Å². The number of anilines is 1. The van der Waals surface area contributed by atoms with Gasteiger partial charge in [0, 0.05) is 37.4 Å². The van der Waals surface area contributed by atoms with Crippen LogP contribution in [0.25, 0.3) is 16.7 Å². The standard InChI is InChI=1S/C25H26ClN7O/c1-17-3-9-20(10-4-17)33-14-21-23(30-33)28-16-29-24(21)32-12-11-31(2)22(15-32)25(34)27-13-18-5-7-19(26)8-6-18/h3-10,14,16,22H,11-13,15H2,1-2H3,(H,27,34)/t22-/m1/s1. The summed E-state index contributed by atoms with van der Waals surface area (Å²) in [5, 5.41) is 9.25. The number of hydrogen-bond acceptors (Lipinski definition) is 6. The van der Waals surface area contributed by atoms with E-state index in [0.29, 0.717) is 23.8 Å². The number of nitrogens with one attached hydrogen (secondary N) is 1. The van der Waals surface area contributed by atoms with Gasteiger partial charge in [-0.1, -0.05) is 41.4 Å². The van der Waals surface area contributed by atoms with Gasteiger partial charge in [0.05, 0.1) is 11.1 Å². The molecule has 0 radical (unpaired) electrons. The fourth-order valence-electron chi connectivity index (χ4n) is 4.17. The van der Waals surface area contributed by atoms with Gasteiger partial charge in [0.15, 0.2) is 5.65 Å². The Morgan fingerprint density at radius 2 is 1.85 bits per heavy atom. The Morgan fingerprint density at radius 1 is 1.09 bits per heavy atom. The molecule has 0 aliphatic carbocycles. The molecule has 1 fully saturated rings. The largest absolute Gasteiger partial charge is 0.353 e. The van der Waals surface area contributed by atoms with Crippen LogP contribution in [0.2, 0.25) is 5.02 Å². The SMILES string of the molecule is Cc1ccc(-n2cc3c(N4CCN(C)[C@@H](C(=O)NCc5ccc(Cl)cc5)C4)ncnc3n2)cc1. The average Bonchev–Trinajstić information content (AvgIpc) is 3.29. The summed E-state index contributed by atoms with van der Waals surface area (Å²) in [5.41, 5.74) is 3.80. The van der Waals surface area contributed by atoms with E-state index in [0.717, 1.165) is 35.5 Å². The predicted octanol–water partition coefficient (Wildman–Crippen LogP) is 3.21. The minimum atomic E-state index is -0.293. The van der Waals surface area contributed by atoms with E-state index in [1.807, 2.05) is 54.3 Å². The number of carbonyl (C=O) groups excluding carboxylic acids is 1. The van der Waals surface area contributed by atoms with E-state index in [1.165, 1.54) is 11.9 Å². The van der Waals surface area contributed by atoms with Crippen molar-refractivity contribution >= 4 is 34.4 Å². The van der Waals surface area contributed by atoms with Crippen LogP contribution in [0.3, 0.4) is 0 Å². The van der Waals surface area contributed by atoms with Crippen LogP contribution in [0.15, 0.2) is 61.1 Å². The molecule has 0 bridgehead atoms. The third-order valence-corrected chi connectivity index (χ3v) is 6.48. The van der Waals surface area contributed by atoms with Crippen LogP contribution in [0.5, 0.6) is 0 Å². The number of aryl methyl sites for hydroxylation is 1. The van der Waals surface area contributed by atoms with Crippen molar-refractivity contribution in [1.29, 1.82) is 0 Å². The Bertz CT molecular complexity index is 1300. The first-order valence-electron chi connectivity index (χ1n) is 11.2. The second kappa shape index (κ2) is 9.40. The average molecular weight is 476 g/mol. The molecule has 174 valence electrons. The number of halogens is 1. The first kappa shape index (κ1) is 22.3. The third kappa shape index (κ3) is 4.60. The van der Waals surface area contributed by atoms with E-state index in [2.05, 4.69) is 49.2 Å². The second-order valence-electron chi connectivity index (χ2n) is 8.63. The lowest BCUT2D eigenvalue weighted by atomic mass is 10.1. The topological polar surface area (TPSA) is 79.2 Å². The highest BCUT2D eigenvalue weighted by atomic mass is 35.5. The van der Waals surface area contributed by atoms with Gasteiger partial charge >= 0.3 is 0 Å². The maximum Gasteiger partial charge on any atom is 0.239 e. The number of carbonyl (C=O) groups is 1. The third-order valence-electron chi connectivity index (χ3n) is 6.22. The molecule has 2 aromatic heterocycles. The van der Waals surface area contributed by atoms with Crippen LogP contribution in [-0.2, 0) is 11.3 Å². The molecule has 1 aliphatic heterocycles.